The molecule has 1 aliphatic rings. The molecule has 1 rings (SSSR count). The molecule has 14 heavy (non-hydrogen) atoms. The Morgan fingerprint density at radius 1 is 1.43 bits per heavy atom. The van der Waals surface area contributed by atoms with Gasteiger partial charge in [0.15, 0.2) is 0 Å². The summed E-state index contributed by atoms with van der Waals surface area (Å²) in [6.07, 6.45) is 2.08. The summed E-state index contributed by atoms with van der Waals surface area (Å²) < 4.78 is 0. The molecule has 1 fully saturated rings. The van der Waals surface area contributed by atoms with Crippen LogP contribution in [0, 0.1) is 5.92 Å². The average Bonchev–Trinajstić information content (AvgIpc) is 2.58. The minimum atomic E-state index is 0.0500. The van der Waals surface area contributed by atoms with Crippen LogP contribution in [0.2, 0.25) is 0 Å². The van der Waals surface area contributed by atoms with Crippen molar-refractivity contribution < 1.29 is 4.79 Å². The van der Waals surface area contributed by atoms with Gasteiger partial charge in [0, 0.05) is 6.04 Å². The first-order valence-electron chi connectivity index (χ1n) is 5.65. The quantitative estimate of drug-likeness (QED) is 0.744. The van der Waals surface area contributed by atoms with Crippen LogP contribution < -0.4 is 5.32 Å². The molecule has 0 spiro atoms. The van der Waals surface area contributed by atoms with Gasteiger partial charge in [-0.05, 0) is 19.3 Å². The summed E-state index contributed by atoms with van der Waals surface area (Å²) in [5.74, 6) is 0.727. The van der Waals surface area contributed by atoms with Crippen molar-refractivity contribution in [1.29, 1.82) is 0 Å². The lowest BCUT2D eigenvalue weighted by Gasteiger charge is -2.23. The van der Waals surface area contributed by atoms with Gasteiger partial charge in [-0.3, -0.25) is 10.1 Å². The van der Waals surface area contributed by atoms with E-state index in [0.717, 1.165) is 19.5 Å². The zero-order chi connectivity index (χ0) is 10.7. The van der Waals surface area contributed by atoms with Gasteiger partial charge in [0.2, 0.25) is 5.91 Å². The van der Waals surface area contributed by atoms with E-state index in [9.17, 15) is 4.79 Å². The summed E-state index contributed by atoms with van der Waals surface area (Å²) in [5.41, 5.74) is 0. The molecule has 0 saturated carbocycles. The Kier molecular flexibility index (Phi) is 3.93. The highest BCUT2D eigenvalue weighted by molar-refractivity contribution is 5.84. The first-order valence-corrected chi connectivity index (χ1v) is 5.65. The first-order chi connectivity index (χ1) is 6.61. The van der Waals surface area contributed by atoms with Crippen LogP contribution in [0.4, 0.5) is 0 Å². The highest BCUT2D eigenvalue weighted by Gasteiger charge is 2.35. The molecule has 1 heterocycles. The Morgan fingerprint density at radius 3 is 2.57 bits per heavy atom. The molecule has 1 amide bonds. The van der Waals surface area contributed by atoms with Gasteiger partial charge >= 0.3 is 0 Å². The maximum atomic E-state index is 12.0. The number of nitrogens with zero attached hydrogens (tertiary/aromatic N) is 1. The molecule has 0 aromatic rings. The number of carbonyl (C=O) groups excluding carboxylic acids is 1. The van der Waals surface area contributed by atoms with Gasteiger partial charge in [-0.25, -0.2) is 0 Å². The smallest absolute Gasteiger partial charge is 0.241 e. The molecule has 0 bridgehead atoms. The van der Waals surface area contributed by atoms with Crippen molar-refractivity contribution in [2.45, 2.75) is 52.6 Å². The predicted octanol–water partition coefficient (Wildman–Crippen LogP) is 1.59. The van der Waals surface area contributed by atoms with E-state index >= 15 is 0 Å². The average molecular weight is 198 g/mol. The van der Waals surface area contributed by atoms with E-state index < -0.39 is 0 Å². The normalized spacial score (nSPS) is 26.7. The Labute approximate surface area is 86.9 Å². The predicted molar refractivity (Wildman–Crippen MR) is 57.8 cm³/mol. The summed E-state index contributed by atoms with van der Waals surface area (Å²) in [6, 6.07) is 0.415. The molecule has 0 aromatic heterocycles. The number of carbonyl (C=O) groups is 1. The maximum absolute atomic E-state index is 12.0. The van der Waals surface area contributed by atoms with Crippen LogP contribution in [0.5, 0.6) is 0 Å². The third kappa shape index (κ3) is 2.08. The topological polar surface area (TPSA) is 32.3 Å². The van der Waals surface area contributed by atoms with Crippen LogP contribution in [-0.4, -0.2) is 29.6 Å². The fourth-order valence-electron chi connectivity index (χ4n) is 1.81. The number of hydrogen-bond acceptors (Lipinski definition) is 2. The summed E-state index contributed by atoms with van der Waals surface area (Å²) in [7, 11) is 0. The van der Waals surface area contributed by atoms with Gasteiger partial charge < -0.3 is 4.90 Å². The van der Waals surface area contributed by atoms with Crippen molar-refractivity contribution in [2.24, 2.45) is 5.92 Å². The second kappa shape index (κ2) is 4.78. The lowest BCUT2D eigenvalue weighted by molar-refractivity contribution is -0.131. The standard InChI is InChI=1S/C11H22N2O/c1-5-8(3)10-11(14)13(7-12-10)9(4)6-2/h8-10,12H,5-7H2,1-4H3. The van der Waals surface area contributed by atoms with Crippen LogP contribution in [0.1, 0.15) is 40.5 Å². The van der Waals surface area contributed by atoms with Crippen molar-refractivity contribution in [3.05, 3.63) is 0 Å². The molecule has 3 atom stereocenters. The lowest BCUT2D eigenvalue weighted by Crippen LogP contribution is -2.38. The van der Waals surface area contributed by atoms with Gasteiger partial charge in [0.25, 0.3) is 0 Å². The third-order valence-corrected chi connectivity index (χ3v) is 3.37. The summed E-state index contributed by atoms with van der Waals surface area (Å²) in [6.45, 7) is 9.22. The van der Waals surface area contributed by atoms with Gasteiger partial charge in [0.05, 0.1) is 12.7 Å². The lowest BCUT2D eigenvalue weighted by atomic mass is 9.99. The van der Waals surface area contributed by atoms with Gasteiger partial charge in [-0.15, -0.1) is 0 Å². The Bertz CT molecular complexity index is 185. The molecule has 1 N–H and O–H groups in total. The number of rotatable bonds is 4. The third-order valence-electron chi connectivity index (χ3n) is 3.37. The number of hydrogen-bond donors (Lipinski definition) is 1. The summed E-state index contributed by atoms with van der Waals surface area (Å²) >= 11 is 0. The molecular formula is C11H22N2O. The molecule has 3 unspecified atom stereocenters. The highest BCUT2D eigenvalue weighted by atomic mass is 16.2. The van der Waals surface area contributed by atoms with Crippen LogP contribution in [-0.2, 0) is 4.79 Å². The largest absolute Gasteiger partial charge is 0.326 e. The van der Waals surface area contributed by atoms with Crippen molar-refractivity contribution in [1.82, 2.24) is 10.2 Å². The Morgan fingerprint density at radius 2 is 2.07 bits per heavy atom. The molecular weight excluding hydrogens is 176 g/mol. The molecule has 3 heteroatoms. The fourth-order valence-corrected chi connectivity index (χ4v) is 1.81. The van der Waals surface area contributed by atoms with Crippen LogP contribution >= 0.6 is 0 Å². The minimum Gasteiger partial charge on any atom is -0.326 e. The number of amides is 1. The van der Waals surface area contributed by atoms with E-state index in [1.54, 1.807) is 0 Å². The molecule has 0 radical (unpaired) electrons. The molecule has 1 saturated heterocycles. The van der Waals surface area contributed by atoms with Crippen LogP contribution in [0.15, 0.2) is 0 Å². The molecule has 3 nitrogen and oxygen atoms in total. The van der Waals surface area contributed by atoms with Crippen molar-refractivity contribution in [3.63, 3.8) is 0 Å². The first kappa shape index (κ1) is 11.5. The van der Waals surface area contributed by atoms with Gasteiger partial charge in [-0.1, -0.05) is 27.2 Å². The highest BCUT2D eigenvalue weighted by Crippen LogP contribution is 2.17. The zero-order valence-corrected chi connectivity index (χ0v) is 9.71. The SMILES string of the molecule is CCC(C)C1NCN(C(C)CC)C1=O. The van der Waals surface area contributed by atoms with Crippen molar-refractivity contribution in [3.8, 4) is 0 Å². The molecule has 82 valence electrons. The van der Waals surface area contributed by atoms with Crippen molar-refractivity contribution in [2.75, 3.05) is 6.67 Å². The van der Waals surface area contributed by atoms with E-state index in [1.165, 1.54) is 0 Å². The maximum Gasteiger partial charge on any atom is 0.241 e. The van der Waals surface area contributed by atoms with Gasteiger partial charge in [0.1, 0.15) is 0 Å². The summed E-state index contributed by atoms with van der Waals surface area (Å²) in [4.78, 5) is 13.9. The van der Waals surface area contributed by atoms with E-state index in [-0.39, 0.29) is 11.9 Å². The Hall–Kier alpha value is -0.570. The van der Waals surface area contributed by atoms with E-state index in [0.29, 0.717) is 12.0 Å². The zero-order valence-electron chi connectivity index (χ0n) is 9.71. The summed E-state index contributed by atoms with van der Waals surface area (Å²) in [5, 5.41) is 3.30. The molecule has 0 aromatic carbocycles. The fraction of sp³-hybridized carbons (Fsp3) is 0.909. The van der Waals surface area contributed by atoms with E-state index in [2.05, 4.69) is 33.0 Å². The van der Waals surface area contributed by atoms with Gasteiger partial charge in [-0.2, -0.15) is 0 Å². The second-order valence-electron chi connectivity index (χ2n) is 4.29. The monoisotopic (exact) mass is 198 g/mol. The van der Waals surface area contributed by atoms with Crippen molar-refractivity contribution >= 4 is 5.91 Å². The molecule has 0 aliphatic carbocycles. The molecule has 1 aliphatic heterocycles. The van der Waals surface area contributed by atoms with Crippen LogP contribution in [0.25, 0.3) is 0 Å². The van der Waals surface area contributed by atoms with Crippen LogP contribution in [0.3, 0.4) is 0 Å². The number of nitrogens with one attached hydrogen (secondary N) is 1. The van der Waals surface area contributed by atoms with E-state index in [4.69, 9.17) is 0 Å². The minimum absolute atomic E-state index is 0.0500. The Balaban J connectivity index is 2.59. The van der Waals surface area contributed by atoms with E-state index in [1.807, 2.05) is 4.90 Å². The second-order valence-corrected chi connectivity index (χ2v) is 4.29.